The summed E-state index contributed by atoms with van der Waals surface area (Å²) in [7, 11) is 0. The molecule has 0 atom stereocenters. The van der Waals surface area contributed by atoms with Gasteiger partial charge in [-0.1, -0.05) is 72.8 Å². The number of furan rings is 1. The van der Waals surface area contributed by atoms with Crippen molar-refractivity contribution in [1.82, 2.24) is 4.57 Å². The maximum Gasteiger partial charge on any atom is 0.136 e. The number of rotatable bonds is 3. The van der Waals surface area contributed by atoms with E-state index in [0.717, 1.165) is 91.9 Å². The number of fused-ring (bicyclic) bond motifs is 9. The van der Waals surface area contributed by atoms with Gasteiger partial charge in [0.05, 0.1) is 34.3 Å². The van der Waals surface area contributed by atoms with E-state index in [2.05, 4.69) is 102 Å². The first-order valence-corrected chi connectivity index (χ1v) is 16.9. The van der Waals surface area contributed by atoms with Crippen molar-refractivity contribution in [2.45, 2.75) is 0 Å². The van der Waals surface area contributed by atoms with E-state index < -0.39 is 0 Å². The van der Waals surface area contributed by atoms with Gasteiger partial charge < -0.3 is 8.98 Å². The second kappa shape index (κ2) is 10.4. The highest BCUT2D eigenvalue weighted by molar-refractivity contribution is 7.26. The summed E-state index contributed by atoms with van der Waals surface area (Å²) in [5.41, 5.74) is 10.2. The Kier molecular flexibility index (Phi) is 5.84. The van der Waals surface area contributed by atoms with Crippen molar-refractivity contribution in [2.75, 3.05) is 0 Å². The second-order valence-corrected chi connectivity index (χ2v) is 13.4. The van der Waals surface area contributed by atoms with E-state index in [1.165, 1.54) is 0 Å². The Morgan fingerprint density at radius 1 is 0.510 bits per heavy atom. The third-order valence-corrected chi connectivity index (χ3v) is 10.9. The highest BCUT2D eigenvalue weighted by Gasteiger charge is 2.19. The molecule has 3 aromatic heterocycles. The van der Waals surface area contributed by atoms with Gasteiger partial charge in [0.15, 0.2) is 0 Å². The number of benzene rings is 7. The average Bonchev–Trinajstić information content (AvgIpc) is 3.82. The topological polar surface area (TPSA) is 65.7 Å². The number of para-hydroxylation sites is 2. The molecule has 7 aromatic carbocycles. The van der Waals surface area contributed by atoms with Gasteiger partial charge in [0.1, 0.15) is 11.2 Å². The molecular formula is C44H23N3OS. The molecule has 0 aliphatic heterocycles. The predicted octanol–water partition coefficient (Wildman–Crippen LogP) is 12.1. The number of aromatic nitrogens is 1. The molecule has 5 heteroatoms. The highest BCUT2D eigenvalue weighted by Crippen LogP contribution is 2.44. The third-order valence-electron chi connectivity index (χ3n) is 9.64. The van der Waals surface area contributed by atoms with E-state index in [9.17, 15) is 10.5 Å². The molecule has 0 amide bonds. The van der Waals surface area contributed by atoms with Crippen molar-refractivity contribution < 1.29 is 4.42 Å². The lowest BCUT2D eigenvalue weighted by Gasteiger charge is -2.15. The molecule has 0 aliphatic rings. The van der Waals surface area contributed by atoms with Crippen LogP contribution in [0.3, 0.4) is 0 Å². The van der Waals surface area contributed by atoms with Crippen LogP contribution in [0.25, 0.3) is 91.9 Å². The lowest BCUT2D eigenvalue weighted by molar-refractivity contribution is 0.669. The van der Waals surface area contributed by atoms with Crippen molar-refractivity contribution in [3.8, 4) is 40.1 Å². The van der Waals surface area contributed by atoms with Gasteiger partial charge in [0.25, 0.3) is 0 Å². The first-order chi connectivity index (χ1) is 24.2. The molecule has 0 saturated carbocycles. The molecule has 3 heterocycles. The smallest absolute Gasteiger partial charge is 0.136 e. The van der Waals surface area contributed by atoms with Crippen molar-refractivity contribution in [3.05, 3.63) is 151 Å². The van der Waals surface area contributed by atoms with E-state index in [1.54, 1.807) is 11.3 Å². The van der Waals surface area contributed by atoms with Gasteiger partial charge in [0.2, 0.25) is 0 Å². The van der Waals surface area contributed by atoms with Crippen LogP contribution in [0.1, 0.15) is 11.1 Å². The van der Waals surface area contributed by atoms with Crippen LogP contribution in [-0.4, -0.2) is 4.57 Å². The zero-order valence-corrected chi connectivity index (χ0v) is 26.8. The monoisotopic (exact) mass is 641 g/mol. The largest absolute Gasteiger partial charge is 0.456 e. The molecule has 10 rings (SSSR count). The standard InChI is InChI=1S/C44H23N3OS/c45-24-26-16-17-43-38(18-26)35-13-7-12-32(44(35)49-43)29-19-28(31-9-2-1-8-27(31)25-46)20-30(21-29)47-39-14-5-3-10-33(39)36-23-42-37(22-40(36)47)34-11-4-6-15-41(34)48-42/h1-23H. The summed E-state index contributed by atoms with van der Waals surface area (Å²) in [4.78, 5) is 0. The Morgan fingerprint density at radius 2 is 1.27 bits per heavy atom. The molecule has 0 saturated heterocycles. The summed E-state index contributed by atoms with van der Waals surface area (Å²) in [6.45, 7) is 0. The summed E-state index contributed by atoms with van der Waals surface area (Å²) in [5.74, 6) is 0. The van der Waals surface area contributed by atoms with Gasteiger partial charge in [0, 0.05) is 47.4 Å². The van der Waals surface area contributed by atoms with Crippen LogP contribution in [0, 0.1) is 22.7 Å². The van der Waals surface area contributed by atoms with E-state index >= 15 is 0 Å². The maximum absolute atomic E-state index is 10.1. The van der Waals surface area contributed by atoms with Gasteiger partial charge in [-0.05, 0) is 89.0 Å². The number of thiophene rings is 1. The number of hydrogen-bond donors (Lipinski definition) is 0. The Balaban J connectivity index is 1.31. The van der Waals surface area contributed by atoms with Crippen LogP contribution >= 0.6 is 11.3 Å². The fourth-order valence-electron chi connectivity index (χ4n) is 7.44. The van der Waals surface area contributed by atoms with Gasteiger partial charge in [-0.15, -0.1) is 11.3 Å². The summed E-state index contributed by atoms with van der Waals surface area (Å²) in [6, 6.07) is 52.7. The molecule has 0 fully saturated rings. The van der Waals surface area contributed by atoms with E-state index in [4.69, 9.17) is 4.42 Å². The zero-order valence-electron chi connectivity index (χ0n) is 25.9. The Labute approximate surface area is 284 Å². The fourth-order valence-corrected chi connectivity index (χ4v) is 8.66. The minimum atomic E-state index is 0.628. The Morgan fingerprint density at radius 3 is 2.14 bits per heavy atom. The van der Waals surface area contributed by atoms with E-state index in [1.807, 2.05) is 54.6 Å². The molecule has 49 heavy (non-hydrogen) atoms. The minimum Gasteiger partial charge on any atom is -0.456 e. The van der Waals surface area contributed by atoms with Crippen LogP contribution in [0.2, 0.25) is 0 Å². The number of hydrogen-bond acceptors (Lipinski definition) is 4. The van der Waals surface area contributed by atoms with E-state index in [-0.39, 0.29) is 0 Å². The molecule has 0 unspecified atom stereocenters. The first kappa shape index (κ1) is 27.5. The summed E-state index contributed by atoms with van der Waals surface area (Å²) >= 11 is 1.74. The molecule has 0 radical (unpaired) electrons. The van der Waals surface area contributed by atoms with Gasteiger partial charge in [-0.25, -0.2) is 0 Å². The van der Waals surface area contributed by atoms with Crippen molar-refractivity contribution in [1.29, 1.82) is 10.5 Å². The van der Waals surface area contributed by atoms with E-state index in [0.29, 0.717) is 11.1 Å². The van der Waals surface area contributed by atoms with Crippen molar-refractivity contribution in [2.24, 2.45) is 0 Å². The molecule has 0 bridgehead atoms. The lowest BCUT2D eigenvalue weighted by atomic mass is 9.94. The highest BCUT2D eigenvalue weighted by atomic mass is 32.1. The lowest BCUT2D eigenvalue weighted by Crippen LogP contribution is -1.96. The molecule has 0 spiro atoms. The number of nitriles is 2. The molecule has 10 aromatic rings. The quantitative estimate of drug-likeness (QED) is 0.193. The molecule has 0 N–H and O–H groups in total. The maximum atomic E-state index is 10.1. The van der Waals surface area contributed by atoms with Gasteiger partial charge >= 0.3 is 0 Å². The second-order valence-electron chi connectivity index (χ2n) is 12.3. The molecule has 226 valence electrons. The van der Waals surface area contributed by atoms with Crippen LogP contribution in [0.4, 0.5) is 0 Å². The molecular weight excluding hydrogens is 619 g/mol. The normalized spacial score (nSPS) is 11.6. The Hall–Kier alpha value is -6.66. The van der Waals surface area contributed by atoms with Crippen LogP contribution in [0.15, 0.2) is 144 Å². The first-order valence-electron chi connectivity index (χ1n) is 16.0. The number of nitrogens with zero attached hydrogens (tertiary/aromatic N) is 3. The van der Waals surface area contributed by atoms with Crippen molar-refractivity contribution in [3.63, 3.8) is 0 Å². The van der Waals surface area contributed by atoms with Crippen LogP contribution in [-0.2, 0) is 0 Å². The molecule has 0 aliphatic carbocycles. The van der Waals surface area contributed by atoms with Crippen LogP contribution in [0.5, 0.6) is 0 Å². The van der Waals surface area contributed by atoms with Gasteiger partial charge in [-0.3, -0.25) is 0 Å². The zero-order chi connectivity index (χ0) is 32.6. The molecule has 4 nitrogen and oxygen atoms in total. The third kappa shape index (κ3) is 4.07. The SMILES string of the molecule is N#Cc1ccc2sc3c(-c4cc(-c5ccccc5C#N)cc(-n5c6ccccc6c6cc7oc8ccccc8c7cc65)c4)cccc3c2c1. The Bertz CT molecular complexity index is 3090. The van der Waals surface area contributed by atoms with Crippen molar-refractivity contribution >= 4 is 75.3 Å². The average molecular weight is 642 g/mol. The predicted molar refractivity (Wildman–Crippen MR) is 201 cm³/mol. The fraction of sp³-hybridized carbons (Fsp3) is 0. The summed E-state index contributed by atoms with van der Waals surface area (Å²) < 4.78 is 11.0. The van der Waals surface area contributed by atoms with Gasteiger partial charge in [-0.2, -0.15) is 10.5 Å². The summed E-state index contributed by atoms with van der Waals surface area (Å²) in [6.07, 6.45) is 0. The minimum absolute atomic E-state index is 0.628. The van der Waals surface area contributed by atoms with Crippen LogP contribution < -0.4 is 0 Å². The summed E-state index contributed by atoms with van der Waals surface area (Å²) in [5, 5.41) is 26.4.